The minimum absolute atomic E-state index is 0.499. The highest BCUT2D eigenvalue weighted by Gasteiger charge is 2.19. The summed E-state index contributed by atoms with van der Waals surface area (Å²) in [6, 6.07) is 9.08. The first-order valence-corrected chi connectivity index (χ1v) is 8.55. The zero-order valence-corrected chi connectivity index (χ0v) is 14.6. The topological polar surface area (TPSA) is 27.0 Å². The van der Waals surface area contributed by atoms with Gasteiger partial charge in [-0.3, -0.25) is 0 Å². The number of benzene rings is 1. The zero-order valence-electron chi connectivity index (χ0n) is 13.0. The lowest BCUT2D eigenvalue weighted by atomic mass is 10.0. The van der Waals surface area contributed by atoms with Crippen molar-refractivity contribution in [1.29, 1.82) is 5.26 Å². The van der Waals surface area contributed by atoms with E-state index in [4.69, 9.17) is 0 Å². The largest absolute Gasteiger partial charge is 0.367 e. The van der Waals surface area contributed by atoms with E-state index in [0.717, 1.165) is 41.5 Å². The van der Waals surface area contributed by atoms with Crippen molar-refractivity contribution in [1.82, 2.24) is 0 Å². The van der Waals surface area contributed by atoms with Crippen LogP contribution in [-0.4, -0.2) is 12.6 Å². The van der Waals surface area contributed by atoms with Gasteiger partial charge in [-0.15, -0.1) is 0 Å². The first kappa shape index (κ1) is 17.0. The van der Waals surface area contributed by atoms with Crippen LogP contribution in [0.5, 0.6) is 0 Å². The third-order valence-electron chi connectivity index (χ3n) is 3.59. The average molecular weight is 337 g/mol. The van der Waals surface area contributed by atoms with Gasteiger partial charge in [0.25, 0.3) is 0 Å². The van der Waals surface area contributed by atoms with Gasteiger partial charge in [-0.05, 0) is 36.5 Å². The third kappa shape index (κ3) is 4.24. The second-order valence-corrected chi connectivity index (χ2v) is 6.17. The smallest absolute Gasteiger partial charge is 0.101 e. The molecule has 3 heteroatoms. The molecule has 1 aromatic carbocycles. The van der Waals surface area contributed by atoms with Crippen molar-refractivity contribution in [2.24, 2.45) is 5.92 Å². The zero-order chi connectivity index (χ0) is 15.1. The molecule has 0 aliphatic heterocycles. The summed E-state index contributed by atoms with van der Waals surface area (Å²) in [5.74, 6) is 0.581. The van der Waals surface area contributed by atoms with E-state index < -0.39 is 0 Å². The van der Waals surface area contributed by atoms with E-state index in [-0.39, 0.29) is 0 Å². The molecule has 1 rings (SSSR count). The molecule has 0 aliphatic carbocycles. The SMILES string of the molecule is CCC(CC)N(CC(C)C)c1ccc(CBr)cc1C#N. The van der Waals surface area contributed by atoms with Crippen LogP contribution in [0.1, 0.15) is 51.7 Å². The lowest BCUT2D eigenvalue weighted by molar-refractivity contribution is 0.507. The van der Waals surface area contributed by atoms with Crippen LogP contribution in [0, 0.1) is 17.2 Å². The summed E-state index contributed by atoms with van der Waals surface area (Å²) < 4.78 is 0. The molecule has 0 aliphatic rings. The van der Waals surface area contributed by atoms with Crippen molar-refractivity contribution in [3.05, 3.63) is 29.3 Å². The van der Waals surface area contributed by atoms with Crippen molar-refractivity contribution in [3.63, 3.8) is 0 Å². The fourth-order valence-corrected chi connectivity index (χ4v) is 2.92. The van der Waals surface area contributed by atoms with Crippen LogP contribution in [0.2, 0.25) is 0 Å². The van der Waals surface area contributed by atoms with E-state index in [1.807, 2.05) is 6.07 Å². The Kier molecular flexibility index (Phi) is 7.09. The van der Waals surface area contributed by atoms with Crippen LogP contribution < -0.4 is 4.90 Å². The Morgan fingerprint density at radius 1 is 1.25 bits per heavy atom. The molecule has 0 atom stereocenters. The number of nitriles is 1. The van der Waals surface area contributed by atoms with Gasteiger partial charge in [0.15, 0.2) is 0 Å². The quantitative estimate of drug-likeness (QED) is 0.647. The van der Waals surface area contributed by atoms with Crippen LogP contribution in [0.3, 0.4) is 0 Å². The average Bonchev–Trinajstić information content (AvgIpc) is 2.46. The molecule has 0 aromatic heterocycles. The Balaban J connectivity index is 3.22. The lowest BCUT2D eigenvalue weighted by Crippen LogP contribution is -2.37. The van der Waals surface area contributed by atoms with Crippen molar-refractivity contribution in [3.8, 4) is 6.07 Å². The van der Waals surface area contributed by atoms with Crippen LogP contribution in [0.25, 0.3) is 0 Å². The number of halogens is 1. The Morgan fingerprint density at radius 3 is 2.35 bits per heavy atom. The molecule has 0 radical (unpaired) electrons. The molecule has 20 heavy (non-hydrogen) atoms. The van der Waals surface area contributed by atoms with Gasteiger partial charge in [0.1, 0.15) is 6.07 Å². The fraction of sp³-hybridized carbons (Fsp3) is 0.588. The van der Waals surface area contributed by atoms with E-state index in [2.05, 4.69) is 66.7 Å². The number of hydrogen-bond donors (Lipinski definition) is 0. The van der Waals surface area contributed by atoms with E-state index >= 15 is 0 Å². The Labute approximate surface area is 131 Å². The van der Waals surface area contributed by atoms with Crippen molar-refractivity contribution in [2.75, 3.05) is 11.4 Å². The maximum absolute atomic E-state index is 9.46. The van der Waals surface area contributed by atoms with Crippen molar-refractivity contribution >= 4 is 21.6 Å². The Morgan fingerprint density at radius 2 is 1.90 bits per heavy atom. The number of hydrogen-bond acceptors (Lipinski definition) is 2. The molecule has 0 spiro atoms. The minimum atomic E-state index is 0.499. The molecule has 2 nitrogen and oxygen atoms in total. The van der Waals surface area contributed by atoms with Crippen LogP contribution in [0.4, 0.5) is 5.69 Å². The predicted octanol–water partition coefficient (Wildman–Crippen LogP) is 5.10. The molecular formula is C17H25BrN2. The van der Waals surface area contributed by atoms with E-state index in [1.54, 1.807) is 0 Å². The molecule has 0 saturated carbocycles. The third-order valence-corrected chi connectivity index (χ3v) is 4.24. The van der Waals surface area contributed by atoms with Crippen molar-refractivity contribution in [2.45, 2.75) is 51.9 Å². The highest BCUT2D eigenvalue weighted by Crippen LogP contribution is 2.27. The Hall–Kier alpha value is -1.01. The van der Waals surface area contributed by atoms with Gasteiger partial charge in [0.2, 0.25) is 0 Å². The van der Waals surface area contributed by atoms with Gasteiger partial charge in [0, 0.05) is 17.9 Å². The maximum atomic E-state index is 9.46. The second-order valence-electron chi connectivity index (χ2n) is 5.61. The molecule has 0 bridgehead atoms. The molecular weight excluding hydrogens is 312 g/mol. The monoisotopic (exact) mass is 336 g/mol. The standard InChI is InChI=1S/C17H25BrN2/c1-5-16(6-2)20(12-13(3)4)17-8-7-14(10-18)9-15(17)11-19/h7-9,13,16H,5-6,10,12H2,1-4H3. The van der Waals surface area contributed by atoms with Crippen molar-refractivity contribution < 1.29 is 0 Å². The summed E-state index contributed by atoms with van der Waals surface area (Å²) >= 11 is 3.46. The van der Waals surface area contributed by atoms with Crippen LogP contribution in [-0.2, 0) is 5.33 Å². The number of nitrogens with zero attached hydrogens (tertiary/aromatic N) is 2. The molecule has 0 unspecified atom stereocenters. The van der Waals surface area contributed by atoms with E-state index in [0.29, 0.717) is 12.0 Å². The highest BCUT2D eigenvalue weighted by molar-refractivity contribution is 9.08. The molecule has 0 saturated heterocycles. The van der Waals surface area contributed by atoms with Gasteiger partial charge < -0.3 is 4.90 Å². The van der Waals surface area contributed by atoms with Gasteiger partial charge in [0.05, 0.1) is 11.3 Å². The molecule has 0 fully saturated rings. The predicted molar refractivity (Wildman–Crippen MR) is 90.3 cm³/mol. The summed E-state index contributed by atoms with van der Waals surface area (Å²) in [6.07, 6.45) is 2.21. The fourth-order valence-electron chi connectivity index (χ4n) is 2.57. The van der Waals surface area contributed by atoms with E-state index in [1.165, 1.54) is 0 Å². The van der Waals surface area contributed by atoms with Crippen LogP contribution in [0.15, 0.2) is 18.2 Å². The lowest BCUT2D eigenvalue weighted by Gasteiger charge is -2.35. The molecule has 110 valence electrons. The summed E-state index contributed by atoms with van der Waals surface area (Å²) in [5.41, 5.74) is 3.02. The summed E-state index contributed by atoms with van der Waals surface area (Å²) in [6.45, 7) is 9.90. The summed E-state index contributed by atoms with van der Waals surface area (Å²) in [7, 11) is 0. The van der Waals surface area contributed by atoms with Gasteiger partial charge in [-0.25, -0.2) is 0 Å². The number of anilines is 1. The first-order chi connectivity index (χ1) is 9.57. The second kappa shape index (κ2) is 8.32. The summed E-state index contributed by atoms with van der Waals surface area (Å²) in [5, 5.41) is 10.2. The van der Waals surface area contributed by atoms with Gasteiger partial charge >= 0.3 is 0 Å². The van der Waals surface area contributed by atoms with Gasteiger partial charge in [-0.1, -0.05) is 49.7 Å². The Bertz CT molecular complexity index is 459. The molecule has 0 heterocycles. The van der Waals surface area contributed by atoms with Crippen LogP contribution >= 0.6 is 15.9 Å². The molecule has 0 N–H and O–H groups in total. The highest BCUT2D eigenvalue weighted by atomic mass is 79.9. The van der Waals surface area contributed by atoms with Gasteiger partial charge in [-0.2, -0.15) is 5.26 Å². The first-order valence-electron chi connectivity index (χ1n) is 7.42. The molecule has 0 amide bonds. The normalized spacial score (nSPS) is 10.9. The molecule has 1 aromatic rings. The number of rotatable bonds is 7. The summed E-state index contributed by atoms with van der Waals surface area (Å²) in [4.78, 5) is 2.42. The maximum Gasteiger partial charge on any atom is 0.101 e. The van der Waals surface area contributed by atoms with E-state index in [9.17, 15) is 5.26 Å². The minimum Gasteiger partial charge on any atom is -0.367 e. The number of alkyl halides is 1.